The van der Waals surface area contributed by atoms with Crippen LogP contribution in [-0.2, 0) is 7.05 Å². The summed E-state index contributed by atoms with van der Waals surface area (Å²) in [5.74, 6) is 0.978. The van der Waals surface area contributed by atoms with E-state index in [1.807, 2.05) is 0 Å². The Bertz CT molecular complexity index is 635. The molecule has 0 saturated carbocycles. The van der Waals surface area contributed by atoms with Crippen LogP contribution in [-0.4, -0.2) is 39.0 Å². The van der Waals surface area contributed by atoms with Crippen molar-refractivity contribution in [3.63, 3.8) is 0 Å². The number of terminal acetylenes is 1. The molecule has 1 aromatic heterocycles. The van der Waals surface area contributed by atoms with Gasteiger partial charge in [-0.2, -0.15) is 15.3 Å². The third-order valence-electron chi connectivity index (χ3n) is 3.20. The second-order valence-electron chi connectivity index (χ2n) is 4.74. The fourth-order valence-electron chi connectivity index (χ4n) is 1.92. The summed E-state index contributed by atoms with van der Waals surface area (Å²) in [5, 5.41) is 23.2. The maximum atomic E-state index is 12.0. The van der Waals surface area contributed by atoms with E-state index in [-0.39, 0.29) is 17.3 Å². The Morgan fingerprint density at radius 2 is 2.19 bits per heavy atom. The minimum Gasteiger partial charge on any atom is -0.476 e. The van der Waals surface area contributed by atoms with Gasteiger partial charge in [0.15, 0.2) is 11.4 Å². The lowest BCUT2D eigenvalue weighted by Gasteiger charge is -2.09. The van der Waals surface area contributed by atoms with Crippen molar-refractivity contribution in [2.45, 2.75) is 24.9 Å². The molecule has 0 aliphatic carbocycles. The zero-order chi connectivity index (χ0) is 15.5. The van der Waals surface area contributed by atoms with Gasteiger partial charge in [-0.05, 0) is 0 Å². The van der Waals surface area contributed by atoms with E-state index in [1.165, 1.54) is 17.8 Å². The van der Waals surface area contributed by atoms with E-state index in [2.05, 4.69) is 26.6 Å². The lowest BCUT2D eigenvalue weighted by Crippen LogP contribution is -2.29. The largest absolute Gasteiger partial charge is 0.476 e. The van der Waals surface area contributed by atoms with Gasteiger partial charge in [-0.3, -0.25) is 9.48 Å². The third kappa shape index (κ3) is 3.45. The van der Waals surface area contributed by atoms with Crippen LogP contribution >= 0.6 is 0 Å². The van der Waals surface area contributed by atoms with E-state index in [1.54, 1.807) is 0 Å². The zero-order valence-corrected chi connectivity index (χ0v) is 11.5. The van der Waals surface area contributed by atoms with E-state index in [4.69, 9.17) is 11.5 Å². The molecule has 0 unspecified atom stereocenters. The summed E-state index contributed by atoms with van der Waals surface area (Å²) in [7, 11) is 1.52. The minimum atomic E-state index is -1.17. The molecule has 2 heterocycles. The van der Waals surface area contributed by atoms with Crippen LogP contribution < -0.4 is 5.32 Å². The van der Waals surface area contributed by atoms with Crippen LogP contribution in [0.4, 0.5) is 0 Å². The van der Waals surface area contributed by atoms with E-state index in [0.29, 0.717) is 25.8 Å². The smallest absolute Gasteiger partial charge is 0.356 e. The Morgan fingerprint density at radius 1 is 1.48 bits per heavy atom. The summed E-state index contributed by atoms with van der Waals surface area (Å²) < 4.78 is 1.23. The van der Waals surface area contributed by atoms with Crippen LogP contribution in [0.2, 0.25) is 0 Å². The highest BCUT2D eigenvalue weighted by molar-refractivity contribution is 5.95. The first-order valence-corrected chi connectivity index (χ1v) is 6.40. The Balaban J connectivity index is 1.85. The van der Waals surface area contributed by atoms with Gasteiger partial charge in [0, 0.05) is 38.9 Å². The number of hydrogen-bond donors (Lipinski definition) is 2. The SMILES string of the molecule is C#CCCC1(CCNC(=O)c2cc(C(=O)O)nn2C)N=N1. The molecule has 0 saturated heterocycles. The normalized spacial score (nSPS) is 14.5. The predicted octanol–water partition coefficient (Wildman–Crippen LogP) is 0.814. The molecule has 1 aromatic rings. The number of rotatable bonds is 7. The average molecular weight is 289 g/mol. The van der Waals surface area contributed by atoms with Gasteiger partial charge in [0.2, 0.25) is 0 Å². The molecule has 0 radical (unpaired) electrons. The first-order valence-electron chi connectivity index (χ1n) is 6.40. The van der Waals surface area contributed by atoms with Gasteiger partial charge >= 0.3 is 5.97 Å². The molecule has 1 aliphatic rings. The highest BCUT2D eigenvalue weighted by Crippen LogP contribution is 2.35. The standard InChI is InChI=1S/C13H15N5O3/c1-3-4-5-13(16-17-13)6-7-14-11(19)10-8-9(12(20)21)15-18(10)2/h1,8H,4-7H2,2H3,(H,14,19)(H,20,21). The molecule has 2 rings (SSSR count). The lowest BCUT2D eigenvalue weighted by molar-refractivity contribution is 0.0689. The number of hydrogen-bond acceptors (Lipinski definition) is 5. The Morgan fingerprint density at radius 3 is 2.71 bits per heavy atom. The second-order valence-corrected chi connectivity index (χ2v) is 4.74. The Hall–Kier alpha value is -2.69. The number of carboxylic acid groups (broad SMARTS) is 1. The molecule has 0 atom stereocenters. The van der Waals surface area contributed by atoms with Gasteiger partial charge in [0.25, 0.3) is 5.91 Å². The topological polar surface area (TPSA) is 109 Å². The van der Waals surface area contributed by atoms with Crippen molar-refractivity contribution >= 4 is 11.9 Å². The number of aromatic nitrogens is 2. The van der Waals surface area contributed by atoms with Crippen LogP contribution in [0.25, 0.3) is 0 Å². The van der Waals surface area contributed by atoms with Crippen LogP contribution in [0.3, 0.4) is 0 Å². The molecule has 0 aromatic carbocycles. The molecular formula is C13H15N5O3. The molecule has 1 amide bonds. The van der Waals surface area contributed by atoms with Gasteiger partial charge < -0.3 is 10.4 Å². The molecule has 1 aliphatic heterocycles. The van der Waals surface area contributed by atoms with Gasteiger partial charge in [0.05, 0.1) is 0 Å². The van der Waals surface area contributed by atoms with E-state index < -0.39 is 11.6 Å². The number of carbonyl (C=O) groups is 2. The summed E-state index contributed by atoms with van der Waals surface area (Å²) in [4.78, 5) is 22.8. The maximum absolute atomic E-state index is 12.0. The number of carboxylic acids is 1. The van der Waals surface area contributed by atoms with Crippen LogP contribution in [0.1, 0.15) is 40.2 Å². The van der Waals surface area contributed by atoms with Crippen molar-refractivity contribution in [1.29, 1.82) is 0 Å². The molecule has 8 heteroatoms. The van der Waals surface area contributed by atoms with E-state index in [0.717, 1.165) is 0 Å². The average Bonchev–Trinajstić information content (AvgIpc) is 3.09. The first-order chi connectivity index (χ1) is 9.97. The molecule has 21 heavy (non-hydrogen) atoms. The number of amides is 1. The quantitative estimate of drug-likeness (QED) is 0.724. The summed E-state index contributed by atoms with van der Waals surface area (Å²) in [6, 6.07) is 1.23. The molecule has 110 valence electrons. The summed E-state index contributed by atoms with van der Waals surface area (Å²) in [6.07, 6.45) is 7.04. The fourth-order valence-corrected chi connectivity index (χ4v) is 1.92. The van der Waals surface area contributed by atoms with Crippen LogP contribution in [0, 0.1) is 12.3 Å². The summed E-state index contributed by atoms with van der Waals surface area (Å²) >= 11 is 0. The van der Waals surface area contributed by atoms with Crippen molar-refractivity contribution < 1.29 is 14.7 Å². The number of aryl methyl sites for hydroxylation is 1. The van der Waals surface area contributed by atoms with Crippen molar-refractivity contribution in [1.82, 2.24) is 15.1 Å². The maximum Gasteiger partial charge on any atom is 0.356 e. The lowest BCUT2D eigenvalue weighted by atomic mass is 10.0. The number of carbonyl (C=O) groups excluding carboxylic acids is 1. The molecule has 0 spiro atoms. The monoisotopic (exact) mass is 289 g/mol. The van der Waals surface area contributed by atoms with Crippen molar-refractivity contribution in [3.8, 4) is 12.3 Å². The second kappa shape index (κ2) is 5.75. The van der Waals surface area contributed by atoms with Crippen molar-refractivity contribution in [3.05, 3.63) is 17.5 Å². The number of nitrogens with zero attached hydrogens (tertiary/aromatic N) is 4. The van der Waals surface area contributed by atoms with Crippen LogP contribution in [0.15, 0.2) is 16.3 Å². The molecule has 0 fully saturated rings. The number of nitrogens with one attached hydrogen (secondary N) is 1. The van der Waals surface area contributed by atoms with E-state index >= 15 is 0 Å². The summed E-state index contributed by atoms with van der Waals surface area (Å²) in [5.41, 5.74) is -0.423. The zero-order valence-electron chi connectivity index (χ0n) is 11.5. The van der Waals surface area contributed by atoms with Crippen LogP contribution in [0.5, 0.6) is 0 Å². The highest BCUT2D eigenvalue weighted by Gasteiger charge is 2.38. The van der Waals surface area contributed by atoms with Gasteiger partial charge in [-0.1, -0.05) is 0 Å². The van der Waals surface area contributed by atoms with Gasteiger partial charge in [0.1, 0.15) is 5.69 Å². The van der Waals surface area contributed by atoms with E-state index in [9.17, 15) is 9.59 Å². The predicted molar refractivity (Wildman–Crippen MR) is 72.8 cm³/mol. The molecule has 8 nitrogen and oxygen atoms in total. The molecule has 0 bridgehead atoms. The first kappa shape index (κ1) is 14.7. The number of aromatic carboxylic acids is 1. The van der Waals surface area contributed by atoms with Crippen molar-refractivity contribution in [2.75, 3.05) is 6.54 Å². The molecule has 2 N–H and O–H groups in total. The van der Waals surface area contributed by atoms with Crippen molar-refractivity contribution in [2.24, 2.45) is 17.3 Å². The van der Waals surface area contributed by atoms with Gasteiger partial charge in [-0.15, -0.1) is 12.3 Å². The Labute approximate surface area is 121 Å². The summed E-state index contributed by atoms with van der Waals surface area (Å²) in [6.45, 7) is 0.379. The van der Waals surface area contributed by atoms with Gasteiger partial charge in [-0.25, -0.2) is 4.79 Å². The third-order valence-corrected chi connectivity index (χ3v) is 3.20. The molecular weight excluding hydrogens is 274 g/mol. The minimum absolute atomic E-state index is 0.166. The highest BCUT2D eigenvalue weighted by atomic mass is 16.4. The Kier molecular flexibility index (Phi) is 4.03. The fraction of sp³-hybridized carbons (Fsp3) is 0.462.